The van der Waals surface area contributed by atoms with E-state index in [4.69, 9.17) is 5.21 Å². The normalized spacial score (nSPS) is 11.0. The molecule has 1 amide bonds. The predicted octanol–water partition coefficient (Wildman–Crippen LogP) is 3.86. The van der Waals surface area contributed by atoms with Crippen LogP contribution in [0, 0.1) is 0 Å². The van der Waals surface area contributed by atoms with Gasteiger partial charge in [0.05, 0.1) is 0 Å². The summed E-state index contributed by atoms with van der Waals surface area (Å²) >= 11 is 3.33. The van der Waals surface area contributed by atoms with Crippen LogP contribution < -0.4 is 5.48 Å². The molecule has 0 saturated carbocycles. The van der Waals surface area contributed by atoms with E-state index in [1.165, 1.54) is 17.6 Å². The first-order chi connectivity index (χ1) is 11.1. The highest BCUT2D eigenvalue weighted by atomic mass is 79.9. The Morgan fingerprint density at radius 3 is 1.91 bits per heavy atom. The van der Waals surface area contributed by atoms with Crippen LogP contribution in [-0.2, 0) is 4.79 Å². The second kappa shape index (κ2) is 8.22. The van der Waals surface area contributed by atoms with E-state index >= 15 is 0 Å². The van der Waals surface area contributed by atoms with Crippen LogP contribution in [0.25, 0.3) is 12.2 Å². The van der Waals surface area contributed by atoms with Crippen LogP contribution in [0.5, 0.6) is 0 Å². The highest BCUT2D eigenvalue weighted by Gasteiger charge is 2.00. The molecule has 0 aliphatic heterocycles. The second-order valence-corrected chi connectivity index (χ2v) is 5.60. The lowest BCUT2D eigenvalue weighted by molar-refractivity contribution is -0.124. The van der Waals surface area contributed by atoms with Gasteiger partial charge in [-0.15, -0.1) is 0 Å². The number of carbonyl (C=O) groups excluding carboxylic acids is 2. The van der Waals surface area contributed by atoms with Gasteiger partial charge in [-0.05, 0) is 47.5 Å². The number of hydrogen-bond acceptors (Lipinski definition) is 3. The molecule has 0 spiro atoms. The van der Waals surface area contributed by atoms with E-state index in [1.54, 1.807) is 24.3 Å². The summed E-state index contributed by atoms with van der Waals surface area (Å²) in [6.45, 7) is 0. The molecule has 2 aromatic rings. The number of carbonyl (C=O) groups is 2. The van der Waals surface area contributed by atoms with Crippen LogP contribution >= 0.6 is 15.9 Å². The molecular formula is C18H14BrNO3. The Labute approximate surface area is 142 Å². The highest BCUT2D eigenvalue weighted by Crippen LogP contribution is 2.12. The van der Waals surface area contributed by atoms with Gasteiger partial charge in [0.2, 0.25) is 0 Å². The quantitative estimate of drug-likeness (QED) is 0.363. The molecule has 23 heavy (non-hydrogen) atoms. The minimum Gasteiger partial charge on any atom is -0.289 e. The van der Waals surface area contributed by atoms with Crippen molar-refractivity contribution in [3.8, 4) is 0 Å². The average Bonchev–Trinajstić information content (AvgIpc) is 2.59. The number of hydroxylamine groups is 1. The van der Waals surface area contributed by atoms with Crippen molar-refractivity contribution in [1.29, 1.82) is 0 Å². The Morgan fingerprint density at radius 2 is 1.39 bits per heavy atom. The molecular weight excluding hydrogens is 358 g/mol. The molecule has 0 radical (unpaired) electrons. The SMILES string of the molecule is O=C(/C=C/c1ccc(/C=C/C(=O)c2ccc(Br)cc2)cc1)NO. The van der Waals surface area contributed by atoms with Crippen molar-refractivity contribution in [2.45, 2.75) is 0 Å². The predicted molar refractivity (Wildman–Crippen MR) is 92.9 cm³/mol. The summed E-state index contributed by atoms with van der Waals surface area (Å²) < 4.78 is 0.927. The van der Waals surface area contributed by atoms with E-state index in [0.29, 0.717) is 5.56 Å². The molecule has 0 aromatic heterocycles. The van der Waals surface area contributed by atoms with Gasteiger partial charge in [-0.2, -0.15) is 0 Å². The van der Waals surface area contributed by atoms with Crippen LogP contribution in [0.2, 0.25) is 0 Å². The monoisotopic (exact) mass is 371 g/mol. The lowest BCUT2D eigenvalue weighted by Crippen LogP contribution is -2.14. The van der Waals surface area contributed by atoms with Gasteiger partial charge in [0.1, 0.15) is 0 Å². The van der Waals surface area contributed by atoms with Crippen molar-refractivity contribution in [2.24, 2.45) is 0 Å². The summed E-state index contributed by atoms with van der Waals surface area (Å²) in [6, 6.07) is 14.5. The van der Waals surface area contributed by atoms with Gasteiger partial charge < -0.3 is 0 Å². The fourth-order valence-corrected chi connectivity index (χ4v) is 2.07. The third-order valence-corrected chi connectivity index (χ3v) is 3.56. The topological polar surface area (TPSA) is 66.4 Å². The van der Waals surface area contributed by atoms with Crippen LogP contribution in [-0.4, -0.2) is 16.9 Å². The first kappa shape index (κ1) is 16.9. The molecule has 4 nitrogen and oxygen atoms in total. The third-order valence-electron chi connectivity index (χ3n) is 3.03. The molecule has 0 unspecified atom stereocenters. The van der Waals surface area contributed by atoms with Gasteiger partial charge in [0.15, 0.2) is 5.78 Å². The maximum absolute atomic E-state index is 12.0. The number of halogens is 1. The van der Waals surface area contributed by atoms with E-state index in [0.717, 1.165) is 15.6 Å². The van der Waals surface area contributed by atoms with Crippen molar-refractivity contribution in [1.82, 2.24) is 5.48 Å². The minimum absolute atomic E-state index is 0.0684. The van der Waals surface area contributed by atoms with Crippen molar-refractivity contribution in [3.63, 3.8) is 0 Å². The largest absolute Gasteiger partial charge is 0.289 e. The number of hydrogen-bond donors (Lipinski definition) is 2. The van der Waals surface area contributed by atoms with Crippen LogP contribution in [0.4, 0.5) is 0 Å². The maximum Gasteiger partial charge on any atom is 0.267 e. The fourth-order valence-electron chi connectivity index (χ4n) is 1.81. The smallest absolute Gasteiger partial charge is 0.267 e. The number of amides is 1. The van der Waals surface area contributed by atoms with Crippen LogP contribution in [0.15, 0.2) is 65.2 Å². The van der Waals surface area contributed by atoms with Crippen LogP contribution in [0.1, 0.15) is 21.5 Å². The van der Waals surface area contributed by atoms with E-state index < -0.39 is 5.91 Å². The average molecular weight is 372 g/mol. The van der Waals surface area contributed by atoms with Crippen LogP contribution in [0.3, 0.4) is 0 Å². The number of rotatable bonds is 5. The van der Waals surface area contributed by atoms with E-state index in [-0.39, 0.29) is 5.78 Å². The Kier molecular flexibility index (Phi) is 6.02. The van der Waals surface area contributed by atoms with Gasteiger partial charge in [0, 0.05) is 16.1 Å². The summed E-state index contributed by atoms with van der Waals surface area (Å²) in [5.41, 5.74) is 3.83. The minimum atomic E-state index is -0.589. The molecule has 0 heterocycles. The van der Waals surface area contributed by atoms with Gasteiger partial charge in [-0.25, -0.2) is 5.48 Å². The number of nitrogens with one attached hydrogen (secondary N) is 1. The van der Waals surface area contributed by atoms with E-state index in [2.05, 4.69) is 15.9 Å². The molecule has 0 aliphatic rings. The summed E-state index contributed by atoms with van der Waals surface area (Å²) in [7, 11) is 0. The molecule has 0 bridgehead atoms. The van der Waals surface area contributed by atoms with Crippen molar-refractivity contribution in [3.05, 3.63) is 81.8 Å². The molecule has 0 atom stereocenters. The molecule has 2 N–H and O–H groups in total. The standard InChI is InChI=1S/C18H14BrNO3/c19-16-9-7-15(8-10-16)17(21)11-5-13-1-3-14(4-2-13)6-12-18(22)20-23/h1-12,23H,(H,20,22)/b11-5+,12-6+. The van der Waals surface area contributed by atoms with Crippen molar-refractivity contribution in [2.75, 3.05) is 0 Å². The summed E-state index contributed by atoms with van der Waals surface area (Å²) in [4.78, 5) is 22.9. The summed E-state index contributed by atoms with van der Waals surface area (Å²) in [6.07, 6.45) is 6.06. The second-order valence-electron chi connectivity index (χ2n) is 4.68. The number of ketones is 1. The Morgan fingerprint density at radius 1 is 0.870 bits per heavy atom. The zero-order valence-electron chi connectivity index (χ0n) is 12.1. The molecule has 0 aliphatic carbocycles. The zero-order valence-corrected chi connectivity index (χ0v) is 13.7. The number of benzene rings is 2. The van der Waals surface area contributed by atoms with Gasteiger partial charge in [0.25, 0.3) is 5.91 Å². The zero-order chi connectivity index (χ0) is 16.7. The first-order valence-corrected chi connectivity index (χ1v) is 7.58. The lowest BCUT2D eigenvalue weighted by atomic mass is 10.1. The van der Waals surface area contributed by atoms with Gasteiger partial charge in [-0.3, -0.25) is 14.8 Å². The lowest BCUT2D eigenvalue weighted by Gasteiger charge is -1.98. The van der Waals surface area contributed by atoms with Crippen molar-refractivity contribution < 1.29 is 14.8 Å². The Hall–Kier alpha value is -2.50. The first-order valence-electron chi connectivity index (χ1n) is 6.78. The summed E-state index contributed by atoms with van der Waals surface area (Å²) in [5, 5.41) is 8.39. The van der Waals surface area contributed by atoms with E-state index in [1.807, 2.05) is 36.4 Å². The molecule has 5 heteroatoms. The van der Waals surface area contributed by atoms with Gasteiger partial charge in [-0.1, -0.05) is 46.3 Å². The molecule has 2 aromatic carbocycles. The Balaban J connectivity index is 2.02. The Bertz CT molecular complexity index is 747. The maximum atomic E-state index is 12.0. The number of allylic oxidation sites excluding steroid dienone is 1. The third kappa shape index (κ3) is 5.32. The molecule has 0 fully saturated rings. The summed E-state index contributed by atoms with van der Waals surface area (Å²) in [5.74, 6) is -0.657. The molecule has 116 valence electrons. The highest BCUT2D eigenvalue weighted by molar-refractivity contribution is 9.10. The molecule has 0 saturated heterocycles. The fraction of sp³-hybridized carbons (Fsp3) is 0. The van der Waals surface area contributed by atoms with E-state index in [9.17, 15) is 9.59 Å². The van der Waals surface area contributed by atoms with Crippen molar-refractivity contribution >= 4 is 39.8 Å². The molecule has 2 rings (SSSR count). The van der Waals surface area contributed by atoms with Gasteiger partial charge >= 0.3 is 0 Å².